The SMILES string of the molecule is Cc1cc(C(S)C2=C(C(=O)OC(c3ccccc3)c3ccccc3)N3C(=O)[C@@H](N)[C@H]3SC2)n2nc(C(=O)OC(c3ccccc3)c3ccccc3)nc2n1. The fourth-order valence-electron chi connectivity index (χ4n) is 6.70. The van der Waals surface area contributed by atoms with E-state index < -0.39 is 40.8 Å². The lowest BCUT2D eigenvalue weighted by Crippen LogP contribution is -2.68. The average molecular weight is 755 g/mol. The molecule has 2 N–H and O–H groups in total. The van der Waals surface area contributed by atoms with Gasteiger partial charge in [0.15, 0.2) is 12.2 Å². The van der Waals surface area contributed by atoms with Gasteiger partial charge in [0.05, 0.1) is 10.9 Å². The van der Waals surface area contributed by atoms with E-state index in [1.54, 1.807) is 13.0 Å². The molecule has 3 atom stereocenters. The largest absolute Gasteiger partial charge is 0.448 e. The summed E-state index contributed by atoms with van der Waals surface area (Å²) in [5, 5.41) is 3.32. The molecule has 2 aliphatic rings. The molecule has 1 saturated heterocycles. The lowest BCUT2D eigenvalue weighted by Gasteiger charge is -2.49. The van der Waals surface area contributed by atoms with Crippen molar-refractivity contribution in [2.24, 2.45) is 5.73 Å². The minimum atomic E-state index is -0.798. The maximum Gasteiger partial charge on any atom is 0.379 e. The summed E-state index contributed by atoms with van der Waals surface area (Å²) in [4.78, 5) is 51.9. The van der Waals surface area contributed by atoms with Crippen LogP contribution in [-0.2, 0) is 19.1 Å². The summed E-state index contributed by atoms with van der Waals surface area (Å²) in [6.07, 6.45) is -1.46. The summed E-state index contributed by atoms with van der Waals surface area (Å²) in [6.45, 7) is 1.79. The van der Waals surface area contributed by atoms with Gasteiger partial charge in [-0.3, -0.25) is 9.69 Å². The van der Waals surface area contributed by atoms with Crippen LogP contribution in [-0.4, -0.2) is 59.5 Å². The Bertz CT molecular complexity index is 2300. The zero-order valence-electron chi connectivity index (χ0n) is 28.9. The number of aromatic nitrogens is 4. The van der Waals surface area contributed by atoms with Crippen molar-refractivity contribution in [3.8, 4) is 0 Å². The fourth-order valence-corrected chi connectivity index (χ4v) is 8.56. The Balaban J connectivity index is 1.16. The van der Waals surface area contributed by atoms with Crippen molar-refractivity contribution in [2.45, 2.75) is 35.8 Å². The van der Waals surface area contributed by atoms with E-state index in [0.29, 0.717) is 22.7 Å². The first-order valence-electron chi connectivity index (χ1n) is 17.3. The number of amides is 1. The average Bonchev–Trinajstić information content (AvgIpc) is 3.66. The highest BCUT2D eigenvalue weighted by Crippen LogP contribution is 2.46. The van der Waals surface area contributed by atoms with Crippen LogP contribution in [0.5, 0.6) is 0 Å². The number of ether oxygens (including phenoxy) is 2. The van der Waals surface area contributed by atoms with Crippen LogP contribution in [0, 0.1) is 6.92 Å². The lowest BCUT2D eigenvalue weighted by molar-refractivity contribution is -0.153. The number of rotatable bonds is 10. The van der Waals surface area contributed by atoms with Gasteiger partial charge in [-0.25, -0.2) is 14.6 Å². The van der Waals surface area contributed by atoms with Crippen molar-refractivity contribution >= 4 is 48.0 Å². The number of benzene rings is 4. The monoisotopic (exact) mass is 754 g/mol. The third-order valence-corrected chi connectivity index (χ3v) is 11.3. The van der Waals surface area contributed by atoms with E-state index in [2.05, 4.69) is 15.1 Å². The number of aryl methyl sites for hydroxylation is 1. The number of nitrogens with two attached hydrogens (primary N) is 1. The summed E-state index contributed by atoms with van der Waals surface area (Å²) in [5.41, 5.74) is 11.0. The van der Waals surface area contributed by atoms with E-state index in [1.807, 2.05) is 121 Å². The van der Waals surface area contributed by atoms with Crippen molar-refractivity contribution in [1.29, 1.82) is 0 Å². The van der Waals surface area contributed by atoms with E-state index in [9.17, 15) is 14.4 Å². The fraction of sp³-hybridized carbons (Fsp3) is 0.171. The molecule has 0 bridgehead atoms. The number of hydrogen-bond acceptors (Lipinski definition) is 11. The number of thiol groups is 1. The molecule has 4 heterocycles. The van der Waals surface area contributed by atoms with Gasteiger partial charge in [-0.15, -0.1) is 16.9 Å². The first-order valence-corrected chi connectivity index (χ1v) is 18.8. The van der Waals surface area contributed by atoms with Crippen LogP contribution in [0.15, 0.2) is 139 Å². The van der Waals surface area contributed by atoms with Gasteiger partial charge in [-0.05, 0) is 40.8 Å². The van der Waals surface area contributed by atoms with Crippen molar-refractivity contribution in [3.63, 3.8) is 0 Å². The third kappa shape index (κ3) is 6.66. The van der Waals surface area contributed by atoms with Gasteiger partial charge in [0.1, 0.15) is 17.1 Å². The van der Waals surface area contributed by atoms with E-state index in [1.165, 1.54) is 21.2 Å². The standard InChI is InChI=1S/C41H34N6O5S2/c1-24-22-30(47-41(43-24)44-36(45-47)40(50)52-34(27-18-10-4-11-19-27)28-20-12-5-13-21-28)35(53)29-23-54-38-31(42)37(48)46(38)32(29)39(49)51-33(25-14-6-2-7-15-25)26-16-8-3-9-17-26/h2-22,31,33-35,38,53H,23,42H2,1H3/t31-,35?,38-/m1/s1. The molecular formula is C41H34N6O5S2. The number of thioether (sulfide) groups is 1. The molecule has 13 heteroatoms. The molecule has 0 aliphatic carbocycles. The quantitative estimate of drug-likeness (QED) is 0.0947. The summed E-state index contributed by atoms with van der Waals surface area (Å²) >= 11 is 6.49. The van der Waals surface area contributed by atoms with Gasteiger partial charge in [-0.2, -0.15) is 22.1 Å². The van der Waals surface area contributed by atoms with Crippen LogP contribution < -0.4 is 5.73 Å². The highest BCUT2D eigenvalue weighted by molar-refractivity contribution is 8.00. The number of fused-ring (bicyclic) bond motifs is 2. The molecule has 54 heavy (non-hydrogen) atoms. The molecule has 6 aromatic rings. The number of nitrogens with zero attached hydrogens (tertiary/aromatic N) is 5. The van der Waals surface area contributed by atoms with Crippen LogP contribution in [0.2, 0.25) is 0 Å². The first kappa shape index (κ1) is 35.3. The van der Waals surface area contributed by atoms with Crippen LogP contribution in [0.4, 0.5) is 0 Å². The predicted molar refractivity (Wildman–Crippen MR) is 206 cm³/mol. The number of carbonyl (C=O) groups is 3. The van der Waals surface area contributed by atoms with Crippen molar-refractivity contribution in [3.05, 3.63) is 178 Å². The van der Waals surface area contributed by atoms with E-state index >= 15 is 0 Å². The predicted octanol–water partition coefficient (Wildman–Crippen LogP) is 6.18. The van der Waals surface area contributed by atoms with Gasteiger partial charge < -0.3 is 15.2 Å². The Kier molecular flexibility index (Phi) is 9.76. The Morgan fingerprint density at radius 3 is 1.76 bits per heavy atom. The van der Waals surface area contributed by atoms with Crippen LogP contribution in [0.25, 0.3) is 5.78 Å². The molecule has 11 nitrogen and oxygen atoms in total. The second-order valence-electron chi connectivity index (χ2n) is 12.9. The van der Waals surface area contributed by atoms with Crippen LogP contribution in [0.1, 0.15) is 61.7 Å². The zero-order valence-corrected chi connectivity index (χ0v) is 30.6. The van der Waals surface area contributed by atoms with E-state index in [-0.39, 0.29) is 23.2 Å². The third-order valence-electron chi connectivity index (χ3n) is 9.35. The summed E-state index contributed by atoms with van der Waals surface area (Å²) in [7, 11) is 0. The van der Waals surface area contributed by atoms with Crippen molar-refractivity contribution in [1.82, 2.24) is 24.5 Å². The number of esters is 2. The normalized spacial score (nSPS) is 17.4. The van der Waals surface area contributed by atoms with E-state index in [4.69, 9.17) is 27.8 Å². The Morgan fingerprint density at radius 1 is 0.778 bits per heavy atom. The maximum atomic E-state index is 14.4. The highest BCUT2D eigenvalue weighted by Gasteiger charge is 2.53. The number of carbonyl (C=O) groups excluding carboxylic acids is 3. The first-order chi connectivity index (χ1) is 26.3. The van der Waals surface area contributed by atoms with Crippen molar-refractivity contribution < 1.29 is 23.9 Å². The van der Waals surface area contributed by atoms with Gasteiger partial charge in [-0.1, -0.05) is 121 Å². The second-order valence-corrected chi connectivity index (χ2v) is 14.5. The molecule has 1 fully saturated rings. The molecule has 270 valence electrons. The minimum absolute atomic E-state index is 0.0817. The Labute approximate surface area is 320 Å². The van der Waals surface area contributed by atoms with Crippen molar-refractivity contribution in [2.75, 3.05) is 5.75 Å². The molecule has 8 rings (SSSR count). The summed E-state index contributed by atoms with van der Waals surface area (Å²) in [5.74, 6) is -1.55. The smallest absolute Gasteiger partial charge is 0.379 e. The lowest BCUT2D eigenvalue weighted by atomic mass is 9.99. The molecule has 4 aromatic carbocycles. The second kappa shape index (κ2) is 14.9. The topological polar surface area (TPSA) is 142 Å². The number of β-lactam (4-membered cyclic amide) rings is 1. The van der Waals surface area contributed by atoms with Gasteiger partial charge in [0.25, 0.3) is 11.6 Å². The maximum absolute atomic E-state index is 14.4. The summed E-state index contributed by atoms with van der Waals surface area (Å²) < 4.78 is 13.8. The molecule has 2 aromatic heterocycles. The minimum Gasteiger partial charge on any atom is -0.448 e. The zero-order chi connectivity index (χ0) is 37.3. The molecule has 2 aliphatic heterocycles. The highest BCUT2D eigenvalue weighted by atomic mass is 32.2. The molecule has 0 spiro atoms. The summed E-state index contributed by atoms with van der Waals surface area (Å²) in [6, 6.07) is 38.7. The van der Waals surface area contributed by atoms with Gasteiger partial charge >= 0.3 is 11.9 Å². The number of hydrogen-bond donors (Lipinski definition) is 2. The Morgan fingerprint density at radius 2 is 1.26 bits per heavy atom. The van der Waals surface area contributed by atoms with E-state index in [0.717, 1.165) is 22.3 Å². The molecule has 1 amide bonds. The van der Waals surface area contributed by atoms with Gasteiger partial charge in [0, 0.05) is 11.4 Å². The van der Waals surface area contributed by atoms with Crippen LogP contribution >= 0.6 is 24.4 Å². The molecule has 0 radical (unpaired) electrons. The molecule has 1 unspecified atom stereocenters. The molecular weight excluding hydrogens is 721 g/mol. The molecule has 0 saturated carbocycles. The van der Waals surface area contributed by atoms with Gasteiger partial charge in [0.2, 0.25) is 5.91 Å². The van der Waals surface area contributed by atoms with Crippen LogP contribution in [0.3, 0.4) is 0 Å². The Hall–Kier alpha value is -5.76.